The van der Waals surface area contributed by atoms with E-state index in [0.717, 1.165) is 0 Å². The predicted octanol–water partition coefficient (Wildman–Crippen LogP) is 1.68. The number of hydrogen-bond acceptors (Lipinski definition) is 7. The van der Waals surface area contributed by atoms with Gasteiger partial charge in [0.2, 0.25) is 11.8 Å². The molecule has 8 nitrogen and oxygen atoms in total. The lowest BCUT2D eigenvalue weighted by Crippen LogP contribution is -2.35. The van der Waals surface area contributed by atoms with Crippen molar-refractivity contribution in [3.63, 3.8) is 0 Å². The highest BCUT2D eigenvalue weighted by Crippen LogP contribution is 2.27. The second kappa shape index (κ2) is 7.59. The van der Waals surface area contributed by atoms with Crippen molar-refractivity contribution in [1.82, 2.24) is 9.97 Å². The van der Waals surface area contributed by atoms with Crippen LogP contribution >= 0.6 is 0 Å². The maximum Gasteiger partial charge on any atom is 0.329 e. The van der Waals surface area contributed by atoms with Gasteiger partial charge in [0.05, 0.1) is 11.5 Å². The number of anilines is 2. The van der Waals surface area contributed by atoms with Gasteiger partial charge >= 0.3 is 5.69 Å². The van der Waals surface area contributed by atoms with Gasteiger partial charge in [-0.15, -0.1) is 0 Å². The SMILES string of the molecule is CCNc1ncc([N+](=O)[O-])c(N(CCOC)C(C)C)n1. The Balaban J connectivity index is 3.19. The molecule has 0 aliphatic heterocycles. The Hall–Kier alpha value is -1.96. The molecule has 0 spiro atoms. The fourth-order valence-corrected chi connectivity index (χ4v) is 1.75. The lowest BCUT2D eigenvalue weighted by Gasteiger charge is -2.27. The number of methoxy groups -OCH3 is 1. The van der Waals surface area contributed by atoms with Gasteiger partial charge in [0, 0.05) is 26.2 Å². The van der Waals surface area contributed by atoms with Gasteiger partial charge in [-0.2, -0.15) is 4.98 Å². The second-order valence-corrected chi connectivity index (χ2v) is 4.47. The van der Waals surface area contributed by atoms with Crippen molar-refractivity contribution in [2.75, 3.05) is 37.0 Å². The van der Waals surface area contributed by atoms with Crippen LogP contribution in [0.1, 0.15) is 20.8 Å². The van der Waals surface area contributed by atoms with Crippen LogP contribution in [0.5, 0.6) is 0 Å². The number of nitrogens with zero attached hydrogens (tertiary/aromatic N) is 4. The molecule has 0 bridgehead atoms. The van der Waals surface area contributed by atoms with Gasteiger partial charge in [0.25, 0.3) is 0 Å². The summed E-state index contributed by atoms with van der Waals surface area (Å²) in [4.78, 5) is 20.7. The minimum absolute atomic E-state index is 0.0632. The third kappa shape index (κ3) is 4.02. The van der Waals surface area contributed by atoms with Crippen LogP contribution in [-0.4, -0.2) is 47.7 Å². The fourth-order valence-electron chi connectivity index (χ4n) is 1.75. The Morgan fingerprint density at radius 1 is 1.55 bits per heavy atom. The molecule has 0 radical (unpaired) electrons. The predicted molar refractivity (Wildman–Crippen MR) is 77.2 cm³/mol. The lowest BCUT2D eigenvalue weighted by molar-refractivity contribution is -0.384. The monoisotopic (exact) mass is 283 g/mol. The first-order chi connectivity index (χ1) is 9.51. The first-order valence-electron chi connectivity index (χ1n) is 6.52. The summed E-state index contributed by atoms with van der Waals surface area (Å²) in [5.74, 6) is 0.698. The van der Waals surface area contributed by atoms with Gasteiger partial charge in [-0.1, -0.05) is 0 Å². The van der Waals surface area contributed by atoms with Crippen LogP contribution in [0.4, 0.5) is 17.5 Å². The van der Waals surface area contributed by atoms with Crippen LogP contribution in [0.25, 0.3) is 0 Å². The minimum atomic E-state index is -0.465. The molecule has 1 aromatic rings. The van der Waals surface area contributed by atoms with E-state index in [0.29, 0.717) is 31.5 Å². The van der Waals surface area contributed by atoms with E-state index in [4.69, 9.17) is 4.74 Å². The van der Waals surface area contributed by atoms with Gasteiger partial charge < -0.3 is 15.0 Å². The largest absolute Gasteiger partial charge is 0.383 e. The van der Waals surface area contributed by atoms with Crippen molar-refractivity contribution in [3.05, 3.63) is 16.3 Å². The quantitative estimate of drug-likeness (QED) is 0.573. The number of rotatable bonds is 8. The average molecular weight is 283 g/mol. The van der Waals surface area contributed by atoms with E-state index in [1.165, 1.54) is 6.20 Å². The summed E-state index contributed by atoms with van der Waals surface area (Å²) >= 11 is 0. The van der Waals surface area contributed by atoms with Crippen LogP contribution < -0.4 is 10.2 Å². The normalized spacial score (nSPS) is 10.7. The first kappa shape index (κ1) is 16.1. The summed E-state index contributed by atoms with van der Waals surface area (Å²) < 4.78 is 5.05. The Kier molecular flexibility index (Phi) is 6.10. The molecule has 1 N–H and O–H groups in total. The van der Waals surface area contributed by atoms with Gasteiger partial charge in [-0.05, 0) is 20.8 Å². The average Bonchev–Trinajstić information content (AvgIpc) is 2.39. The molecule has 0 saturated heterocycles. The molecule has 0 aromatic carbocycles. The topological polar surface area (TPSA) is 93.4 Å². The maximum absolute atomic E-state index is 11.1. The number of hydrogen-bond donors (Lipinski definition) is 1. The van der Waals surface area contributed by atoms with E-state index >= 15 is 0 Å². The summed E-state index contributed by atoms with van der Waals surface area (Å²) in [6, 6.07) is 0.0632. The fraction of sp³-hybridized carbons (Fsp3) is 0.667. The van der Waals surface area contributed by atoms with Crippen LogP contribution in [-0.2, 0) is 4.74 Å². The zero-order valence-corrected chi connectivity index (χ0v) is 12.3. The molecular weight excluding hydrogens is 262 g/mol. The second-order valence-electron chi connectivity index (χ2n) is 4.47. The smallest absolute Gasteiger partial charge is 0.329 e. The van der Waals surface area contributed by atoms with Crippen LogP contribution in [0.15, 0.2) is 6.20 Å². The molecule has 1 aromatic heterocycles. The van der Waals surface area contributed by atoms with E-state index in [-0.39, 0.29) is 11.7 Å². The van der Waals surface area contributed by atoms with Gasteiger partial charge in [0.15, 0.2) is 0 Å². The third-order valence-electron chi connectivity index (χ3n) is 2.71. The molecule has 8 heteroatoms. The molecular formula is C12H21N5O3. The highest BCUT2D eigenvalue weighted by Gasteiger charge is 2.24. The van der Waals surface area contributed by atoms with E-state index in [1.807, 2.05) is 25.7 Å². The Labute approximate surface area is 118 Å². The van der Waals surface area contributed by atoms with Crippen LogP contribution in [0.2, 0.25) is 0 Å². The standard InChI is InChI=1S/C12H21N5O3/c1-5-13-12-14-8-10(17(18)19)11(15-12)16(9(2)3)6-7-20-4/h8-9H,5-7H2,1-4H3,(H,13,14,15). The summed E-state index contributed by atoms with van der Waals surface area (Å²) in [6.07, 6.45) is 1.24. The van der Waals surface area contributed by atoms with Crippen molar-refractivity contribution in [2.24, 2.45) is 0 Å². The number of aromatic nitrogens is 2. The molecule has 0 atom stereocenters. The van der Waals surface area contributed by atoms with Crippen molar-refractivity contribution < 1.29 is 9.66 Å². The summed E-state index contributed by atoms with van der Waals surface area (Å²) in [6.45, 7) is 7.46. The third-order valence-corrected chi connectivity index (χ3v) is 2.71. The molecule has 112 valence electrons. The molecule has 0 aliphatic carbocycles. The van der Waals surface area contributed by atoms with Crippen molar-refractivity contribution in [2.45, 2.75) is 26.8 Å². The number of nitrogens with one attached hydrogen (secondary N) is 1. The van der Waals surface area contributed by atoms with Crippen molar-refractivity contribution >= 4 is 17.5 Å². The summed E-state index contributed by atoms with van der Waals surface area (Å²) in [5.41, 5.74) is -0.101. The first-order valence-corrected chi connectivity index (χ1v) is 6.52. The Morgan fingerprint density at radius 2 is 2.25 bits per heavy atom. The molecule has 0 unspecified atom stereocenters. The van der Waals surface area contributed by atoms with Crippen molar-refractivity contribution in [3.8, 4) is 0 Å². The zero-order chi connectivity index (χ0) is 15.1. The van der Waals surface area contributed by atoms with Crippen molar-refractivity contribution in [1.29, 1.82) is 0 Å². The zero-order valence-electron chi connectivity index (χ0n) is 12.3. The molecule has 0 fully saturated rings. The summed E-state index contributed by atoms with van der Waals surface area (Å²) in [7, 11) is 1.59. The van der Waals surface area contributed by atoms with Crippen LogP contribution in [0.3, 0.4) is 0 Å². The van der Waals surface area contributed by atoms with E-state index in [1.54, 1.807) is 7.11 Å². The van der Waals surface area contributed by atoms with Gasteiger partial charge in [-0.3, -0.25) is 10.1 Å². The highest BCUT2D eigenvalue weighted by molar-refractivity contribution is 5.59. The Bertz CT molecular complexity index is 453. The van der Waals surface area contributed by atoms with Crippen LogP contribution in [0, 0.1) is 10.1 Å². The lowest BCUT2D eigenvalue weighted by atomic mass is 10.3. The van der Waals surface area contributed by atoms with E-state index < -0.39 is 4.92 Å². The van der Waals surface area contributed by atoms with Gasteiger partial charge in [-0.25, -0.2) is 4.98 Å². The molecule has 0 saturated carbocycles. The Morgan fingerprint density at radius 3 is 2.75 bits per heavy atom. The highest BCUT2D eigenvalue weighted by atomic mass is 16.6. The van der Waals surface area contributed by atoms with E-state index in [9.17, 15) is 10.1 Å². The minimum Gasteiger partial charge on any atom is -0.383 e. The molecule has 0 amide bonds. The molecule has 1 rings (SSSR count). The molecule has 1 heterocycles. The number of nitro groups is 1. The van der Waals surface area contributed by atoms with E-state index in [2.05, 4.69) is 15.3 Å². The molecule has 0 aliphatic rings. The maximum atomic E-state index is 11.1. The molecule has 20 heavy (non-hydrogen) atoms. The van der Waals surface area contributed by atoms with Gasteiger partial charge in [0.1, 0.15) is 6.20 Å². The number of ether oxygens (including phenoxy) is 1. The summed E-state index contributed by atoms with van der Waals surface area (Å²) in [5, 5.41) is 14.1.